The molecule has 0 aliphatic carbocycles. The lowest BCUT2D eigenvalue weighted by Crippen LogP contribution is -2.30. The summed E-state index contributed by atoms with van der Waals surface area (Å²) < 4.78 is 174. The van der Waals surface area contributed by atoms with Crippen LogP contribution in [0.2, 0.25) is 0 Å². The zero-order valence-electron chi connectivity index (χ0n) is 35.4. The number of hydrogen-bond acceptors (Lipinski definition) is 2. The second kappa shape index (κ2) is 16.2. The van der Waals surface area contributed by atoms with E-state index >= 15 is 4.79 Å². The third-order valence-electron chi connectivity index (χ3n) is 12.2. The molecule has 70 heavy (non-hydrogen) atoms. The van der Waals surface area contributed by atoms with Crippen LogP contribution in [0.4, 0.5) is 58.4 Å². The van der Waals surface area contributed by atoms with Crippen LogP contribution in [0, 0.1) is 0 Å². The van der Waals surface area contributed by atoms with Crippen LogP contribution in [0.25, 0.3) is 72.0 Å². The van der Waals surface area contributed by atoms with Gasteiger partial charge in [0.1, 0.15) is 0 Å². The molecule has 10 rings (SSSR count). The van der Waals surface area contributed by atoms with E-state index in [0.717, 1.165) is 10.5 Å². The molecule has 9 aromatic rings. The highest BCUT2D eigenvalue weighted by molar-refractivity contribution is 6.37. The standard InChI is InChI=1S/C54H28F12N2O2/c55-51(56,57)33-23-31(24-34(27-33)52(58,59)60)38-16-7-18-40-41-19-8-17-39(32-25-35(53(61,62)63)28-36(26-32)54(64,65)66)48(41)67(47(38)40)44-22-10-20-42-46(44)50(70)68(49(42)69)43-21-9-15-37(29-11-3-1-4-12-29)45(43)30-13-5-2-6-14-30/h1-28H. The van der Waals surface area contributed by atoms with E-state index in [1.165, 1.54) is 59.2 Å². The Bertz CT molecular complexity index is 3390. The van der Waals surface area contributed by atoms with Gasteiger partial charge in [0.25, 0.3) is 11.8 Å². The second-order valence-electron chi connectivity index (χ2n) is 16.4. The lowest BCUT2D eigenvalue weighted by Gasteiger charge is -2.22. The van der Waals surface area contributed by atoms with Crippen molar-refractivity contribution in [2.45, 2.75) is 24.7 Å². The number of anilines is 1. The smallest absolute Gasteiger partial charge is 0.307 e. The van der Waals surface area contributed by atoms with Crippen LogP contribution in [0.1, 0.15) is 43.0 Å². The highest BCUT2D eigenvalue weighted by Crippen LogP contribution is 2.49. The van der Waals surface area contributed by atoms with E-state index in [1.807, 2.05) is 12.1 Å². The van der Waals surface area contributed by atoms with Gasteiger partial charge in [-0.1, -0.05) is 115 Å². The van der Waals surface area contributed by atoms with E-state index in [2.05, 4.69) is 0 Å². The van der Waals surface area contributed by atoms with Gasteiger partial charge in [0, 0.05) is 27.5 Å². The molecule has 1 aliphatic rings. The summed E-state index contributed by atoms with van der Waals surface area (Å²) >= 11 is 0. The van der Waals surface area contributed by atoms with Crippen molar-refractivity contribution in [3.63, 3.8) is 0 Å². The molecule has 4 nitrogen and oxygen atoms in total. The molecule has 16 heteroatoms. The Morgan fingerprint density at radius 1 is 0.314 bits per heavy atom. The predicted octanol–water partition coefficient (Wildman–Crippen LogP) is 16.3. The van der Waals surface area contributed by atoms with Crippen LogP contribution in [0.5, 0.6) is 0 Å². The predicted molar refractivity (Wildman–Crippen MR) is 240 cm³/mol. The number of para-hydroxylation sites is 2. The maximum Gasteiger partial charge on any atom is 0.416 e. The Balaban J connectivity index is 1.31. The van der Waals surface area contributed by atoms with Crippen molar-refractivity contribution in [3.05, 3.63) is 203 Å². The van der Waals surface area contributed by atoms with Gasteiger partial charge in [-0.2, -0.15) is 52.7 Å². The normalized spacial score (nSPS) is 13.5. The first-order valence-corrected chi connectivity index (χ1v) is 21.0. The van der Waals surface area contributed by atoms with Gasteiger partial charge < -0.3 is 4.57 Å². The molecule has 2 heterocycles. The van der Waals surface area contributed by atoms with Crippen molar-refractivity contribution >= 4 is 39.3 Å². The number of imide groups is 1. The lowest BCUT2D eigenvalue weighted by atomic mass is 9.92. The highest BCUT2D eigenvalue weighted by Gasteiger charge is 2.43. The van der Waals surface area contributed by atoms with Crippen LogP contribution in [-0.4, -0.2) is 16.4 Å². The largest absolute Gasteiger partial charge is 0.416 e. The summed E-state index contributed by atoms with van der Waals surface area (Å²) in [5.74, 6) is -1.79. The van der Waals surface area contributed by atoms with Crippen molar-refractivity contribution in [2.75, 3.05) is 4.90 Å². The zero-order chi connectivity index (χ0) is 49.7. The number of nitrogens with zero attached hydrogens (tertiary/aromatic N) is 2. The summed E-state index contributed by atoms with van der Waals surface area (Å²) in [5, 5.41) is 0.132. The molecule has 0 atom stereocenters. The van der Waals surface area contributed by atoms with E-state index in [1.54, 1.807) is 66.7 Å². The second-order valence-corrected chi connectivity index (χ2v) is 16.4. The molecular weight excluding hydrogens is 937 g/mol. The van der Waals surface area contributed by atoms with Gasteiger partial charge >= 0.3 is 24.7 Å². The zero-order valence-corrected chi connectivity index (χ0v) is 35.4. The number of carbonyl (C=O) groups excluding carboxylic acids is 2. The van der Waals surface area contributed by atoms with E-state index in [0.29, 0.717) is 41.0 Å². The van der Waals surface area contributed by atoms with Gasteiger partial charge in [0.05, 0.1) is 55.8 Å². The molecule has 0 unspecified atom stereocenters. The third kappa shape index (κ3) is 7.72. The molecule has 2 amide bonds. The molecule has 1 aromatic heterocycles. The molecule has 0 N–H and O–H groups in total. The van der Waals surface area contributed by atoms with Crippen LogP contribution >= 0.6 is 0 Å². The molecule has 1 aliphatic heterocycles. The first kappa shape index (κ1) is 45.6. The Labute approximate surface area is 388 Å². The molecule has 0 saturated carbocycles. The van der Waals surface area contributed by atoms with E-state index in [4.69, 9.17) is 0 Å². The fraction of sp³-hybridized carbons (Fsp3) is 0.0741. The van der Waals surface area contributed by atoms with Crippen LogP contribution in [-0.2, 0) is 24.7 Å². The van der Waals surface area contributed by atoms with Crippen molar-refractivity contribution in [1.29, 1.82) is 0 Å². The minimum absolute atomic E-state index is 0.0662. The topological polar surface area (TPSA) is 42.3 Å². The molecule has 350 valence electrons. The van der Waals surface area contributed by atoms with Gasteiger partial charge in [-0.3, -0.25) is 9.59 Å². The number of carbonyl (C=O) groups is 2. The number of amides is 2. The monoisotopic (exact) mass is 964 g/mol. The fourth-order valence-electron chi connectivity index (χ4n) is 9.21. The van der Waals surface area contributed by atoms with Crippen LogP contribution in [0.15, 0.2) is 170 Å². The number of alkyl halides is 12. The average molecular weight is 965 g/mol. The minimum Gasteiger partial charge on any atom is -0.307 e. The molecule has 0 fully saturated rings. The van der Waals surface area contributed by atoms with E-state index in [9.17, 15) is 57.5 Å². The quantitative estimate of drug-likeness (QED) is 0.123. The Kier molecular flexibility index (Phi) is 10.6. The molecule has 0 bridgehead atoms. The molecule has 0 radical (unpaired) electrons. The summed E-state index contributed by atoms with van der Waals surface area (Å²) in [6.07, 6.45) is -21.2. The number of aromatic nitrogens is 1. The Morgan fingerprint density at radius 3 is 1.14 bits per heavy atom. The number of fused-ring (bicyclic) bond motifs is 4. The van der Waals surface area contributed by atoms with Crippen LogP contribution < -0.4 is 4.90 Å². The maximum atomic E-state index is 15.3. The highest BCUT2D eigenvalue weighted by atomic mass is 19.4. The van der Waals surface area contributed by atoms with Crippen LogP contribution in [0.3, 0.4) is 0 Å². The van der Waals surface area contributed by atoms with Crippen molar-refractivity contribution in [2.24, 2.45) is 0 Å². The lowest BCUT2D eigenvalue weighted by molar-refractivity contribution is -0.144. The number of rotatable bonds is 6. The van der Waals surface area contributed by atoms with Gasteiger partial charge in [-0.15, -0.1) is 0 Å². The SMILES string of the molecule is O=C1c2cccc(-n3c4c(-c5cc(C(F)(F)F)cc(C(F)(F)F)c5)cccc4c4cccc(-c5cc(C(F)(F)F)cc(C(F)(F)F)c5)c43)c2C(=O)N1c1cccc(-c2ccccc2)c1-c1ccccc1. The Morgan fingerprint density at radius 2 is 0.700 bits per heavy atom. The van der Waals surface area contributed by atoms with Gasteiger partial charge in [0.2, 0.25) is 0 Å². The first-order valence-electron chi connectivity index (χ1n) is 21.0. The van der Waals surface area contributed by atoms with E-state index < -0.39 is 69.9 Å². The maximum absolute atomic E-state index is 15.3. The summed E-state index contributed by atoms with van der Waals surface area (Å²) in [6, 6.07) is 36.4. The first-order chi connectivity index (χ1) is 33.1. The van der Waals surface area contributed by atoms with Crippen molar-refractivity contribution in [3.8, 4) is 50.2 Å². The molecule has 0 saturated heterocycles. The van der Waals surface area contributed by atoms with Gasteiger partial charge in [-0.25, -0.2) is 4.90 Å². The average Bonchev–Trinajstić information content (AvgIpc) is 3.80. The Hall–Kier alpha value is -8.14. The van der Waals surface area contributed by atoms with E-state index in [-0.39, 0.29) is 67.6 Å². The van der Waals surface area contributed by atoms with Gasteiger partial charge in [-0.05, 0) is 82.4 Å². The van der Waals surface area contributed by atoms with Crippen molar-refractivity contribution < 1.29 is 62.3 Å². The summed E-state index contributed by atoms with van der Waals surface area (Å²) in [5.41, 5.74) is -7.18. The summed E-state index contributed by atoms with van der Waals surface area (Å²) in [4.78, 5) is 31.1. The minimum atomic E-state index is -5.30. The summed E-state index contributed by atoms with van der Waals surface area (Å²) in [6.45, 7) is 0. The molecule has 8 aromatic carbocycles. The number of benzene rings is 8. The van der Waals surface area contributed by atoms with Crippen molar-refractivity contribution in [1.82, 2.24) is 4.57 Å². The fourth-order valence-corrected chi connectivity index (χ4v) is 9.21. The molecular formula is C54H28F12N2O2. The third-order valence-corrected chi connectivity index (χ3v) is 12.2. The summed E-state index contributed by atoms with van der Waals surface area (Å²) in [7, 11) is 0. The molecule has 0 spiro atoms. The number of hydrogen-bond donors (Lipinski definition) is 0. The number of halogens is 12. The van der Waals surface area contributed by atoms with Gasteiger partial charge in [0.15, 0.2) is 0 Å².